The van der Waals surface area contributed by atoms with Gasteiger partial charge in [-0.2, -0.15) is 13.8 Å². The maximum atomic E-state index is 13.0. The van der Waals surface area contributed by atoms with Gasteiger partial charge in [-0.05, 0) is 17.2 Å². The molecule has 0 amide bonds. The van der Waals surface area contributed by atoms with Gasteiger partial charge in [-0.1, -0.05) is 29.4 Å². The van der Waals surface area contributed by atoms with Crippen LogP contribution in [0.15, 0.2) is 38.4 Å². The van der Waals surface area contributed by atoms with Crippen molar-refractivity contribution in [3.63, 3.8) is 0 Å². The van der Waals surface area contributed by atoms with Crippen LogP contribution in [0.4, 0.5) is 20.2 Å². The summed E-state index contributed by atoms with van der Waals surface area (Å²) in [5.41, 5.74) is 0.754. The zero-order valence-electron chi connectivity index (χ0n) is 15.5. The van der Waals surface area contributed by atoms with E-state index in [-0.39, 0.29) is 11.5 Å². The number of halogens is 3. The van der Waals surface area contributed by atoms with Crippen molar-refractivity contribution in [2.75, 3.05) is 37.5 Å². The molecule has 0 bridgehead atoms. The quantitative estimate of drug-likeness (QED) is 0.316. The van der Waals surface area contributed by atoms with E-state index in [2.05, 4.69) is 20.0 Å². The molecule has 0 radical (unpaired) electrons. The van der Waals surface area contributed by atoms with Crippen molar-refractivity contribution in [1.29, 1.82) is 0 Å². The minimum atomic E-state index is -3.73. The molecule has 0 fully saturated rings. The van der Waals surface area contributed by atoms with Gasteiger partial charge in [-0.25, -0.2) is 0 Å². The Morgan fingerprint density at radius 2 is 1.93 bits per heavy atom. The van der Waals surface area contributed by atoms with Crippen molar-refractivity contribution < 1.29 is 18.0 Å². The van der Waals surface area contributed by atoms with Crippen LogP contribution in [0.5, 0.6) is 0 Å². The van der Waals surface area contributed by atoms with Crippen LogP contribution >= 0.6 is 11.6 Å². The highest BCUT2D eigenvalue weighted by molar-refractivity contribution is 6.21. The fourth-order valence-electron chi connectivity index (χ4n) is 2.75. The lowest BCUT2D eigenvalue weighted by atomic mass is 10.1. The van der Waals surface area contributed by atoms with E-state index in [1.807, 2.05) is 0 Å². The predicted octanol–water partition coefficient (Wildman–Crippen LogP) is 2.32. The molecule has 11 heteroatoms. The molecule has 0 saturated heterocycles. The first kappa shape index (κ1) is 20.9. The number of nitrogens with one attached hydrogen (secondary N) is 1. The predicted molar refractivity (Wildman–Crippen MR) is 103 cm³/mol. The minimum Gasteiger partial charge on any atom is -0.383 e. The van der Waals surface area contributed by atoms with Crippen LogP contribution in [0.2, 0.25) is 0 Å². The van der Waals surface area contributed by atoms with Crippen LogP contribution < -0.4 is 21.1 Å². The van der Waals surface area contributed by atoms with Crippen molar-refractivity contribution in [3.05, 3.63) is 56.2 Å². The molecule has 0 spiro atoms. The largest absolute Gasteiger partial charge is 0.400 e. The molecular weight excluding hydrogens is 410 g/mol. The van der Waals surface area contributed by atoms with Gasteiger partial charge >= 0.3 is 11.3 Å². The first-order valence-electron chi connectivity index (χ1n) is 8.50. The molecule has 0 aliphatic heterocycles. The number of anilines is 2. The van der Waals surface area contributed by atoms with Gasteiger partial charge in [0, 0.05) is 32.8 Å². The summed E-state index contributed by atoms with van der Waals surface area (Å²) in [5, 5.41) is 2.66. The number of aromatic nitrogens is 2. The molecule has 2 aromatic carbocycles. The Bertz CT molecular complexity index is 1060. The summed E-state index contributed by atoms with van der Waals surface area (Å²) in [7, 11) is 3.23. The van der Waals surface area contributed by atoms with Crippen molar-refractivity contribution >= 4 is 23.0 Å². The van der Waals surface area contributed by atoms with E-state index < -0.39 is 22.1 Å². The number of benzene rings is 1. The average Bonchev–Trinajstić information content (AvgIpc) is 3.18. The number of nitrogens with zero attached hydrogens (tertiary/aromatic N) is 3. The normalized spacial score (nSPS) is 11.8. The maximum absolute atomic E-state index is 13.0. The topological polar surface area (TPSA) is 97.6 Å². The van der Waals surface area contributed by atoms with Crippen LogP contribution in [-0.4, -0.2) is 37.4 Å². The molecule has 0 aliphatic carbocycles. The highest BCUT2D eigenvalue weighted by Gasteiger charge is 2.35. The summed E-state index contributed by atoms with van der Waals surface area (Å²) in [6, 6.07) is 6.71. The van der Waals surface area contributed by atoms with Gasteiger partial charge < -0.3 is 19.5 Å². The minimum absolute atomic E-state index is 0.0210. The van der Waals surface area contributed by atoms with Gasteiger partial charge in [0.25, 0.3) is 10.9 Å². The molecule has 1 heterocycles. The van der Waals surface area contributed by atoms with E-state index in [1.54, 1.807) is 36.2 Å². The zero-order chi connectivity index (χ0) is 21.2. The number of methoxy groups -OCH3 is 1. The number of rotatable bonds is 9. The van der Waals surface area contributed by atoms with Gasteiger partial charge in [0.15, 0.2) is 0 Å². The molecule has 1 aromatic heterocycles. The van der Waals surface area contributed by atoms with Crippen LogP contribution in [0, 0.1) is 0 Å². The SMILES string of the molecule is COCCNc1c(N(C)Cc2ccc(-c3noc(C(F)(F)Cl)n3)cc2)c(=O)c1=O. The molecule has 0 saturated carbocycles. The third-order valence-corrected chi connectivity index (χ3v) is 4.34. The molecule has 1 N–H and O–H groups in total. The maximum Gasteiger partial charge on any atom is 0.400 e. The summed E-state index contributed by atoms with van der Waals surface area (Å²) >= 11 is 4.86. The van der Waals surface area contributed by atoms with Crippen molar-refractivity contribution in [2.24, 2.45) is 0 Å². The van der Waals surface area contributed by atoms with Crippen molar-refractivity contribution in [2.45, 2.75) is 11.9 Å². The lowest BCUT2D eigenvalue weighted by Crippen LogP contribution is -2.41. The molecule has 0 atom stereocenters. The van der Waals surface area contributed by atoms with Gasteiger partial charge in [-0.15, -0.1) is 0 Å². The first-order chi connectivity index (χ1) is 13.7. The molecule has 0 unspecified atom stereocenters. The Kier molecular flexibility index (Phi) is 5.94. The number of hydrogen-bond acceptors (Lipinski definition) is 8. The van der Waals surface area contributed by atoms with E-state index in [4.69, 9.17) is 16.3 Å². The highest BCUT2D eigenvalue weighted by Crippen LogP contribution is 2.32. The van der Waals surface area contributed by atoms with Gasteiger partial charge in [0.1, 0.15) is 11.4 Å². The van der Waals surface area contributed by atoms with Crippen molar-refractivity contribution in [1.82, 2.24) is 10.1 Å². The summed E-state index contributed by atoms with van der Waals surface area (Å²) in [6.45, 7) is 1.16. The van der Waals surface area contributed by atoms with Crippen molar-refractivity contribution in [3.8, 4) is 11.4 Å². The number of ether oxygens (including phenoxy) is 1. The average molecular weight is 427 g/mol. The lowest BCUT2D eigenvalue weighted by Gasteiger charge is -2.23. The number of hydrogen-bond donors (Lipinski definition) is 1. The van der Waals surface area contributed by atoms with Crippen LogP contribution in [-0.2, 0) is 16.7 Å². The lowest BCUT2D eigenvalue weighted by molar-refractivity contribution is 0.0551. The fourth-order valence-corrected chi connectivity index (χ4v) is 2.83. The van der Waals surface area contributed by atoms with Gasteiger partial charge in [0.05, 0.1) is 6.61 Å². The Hall–Kier alpha value is -2.85. The Balaban J connectivity index is 1.70. The zero-order valence-corrected chi connectivity index (χ0v) is 16.3. The molecule has 154 valence electrons. The van der Waals surface area contributed by atoms with Gasteiger partial charge in [-0.3, -0.25) is 9.59 Å². The summed E-state index contributed by atoms with van der Waals surface area (Å²) < 4.78 is 35.4. The Labute approximate surface area is 168 Å². The molecule has 3 rings (SSSR count). The van der Waals surface area contributed by atoms with E-state index in [1.165, 1.54) is 7.11 Å². The monoisotopic (exact) mass is 426 g/mol. The van der Waals surface area contributed by atoms with E-state index in [0.717, 1.165) is 5.56 Å². The summed E-state index contributed by atoms with van der Waals surface area (Å²) in [6.07, 6.45) is 0. The van der Waals surface area contributed by atoms with Crippen LogP contribution in [0.3, 0.4) is 0 Å². The first-order valence-corrected chi connectivity index (χ1v) is 8.87. The summed E-state index contributed by atoms with van der Waals surface area (Å²) in [4.78, 5) is 29.0. The molecule has 8 nitrogen and oxygen atoms in total. The van der Waals surface area contributed by atoms with Crippen LogP contribution in [0.1, 0.15) is 11.5 Å². The standard InChI is InChI=1S/C18H17ClF2N4O4/c1-25(13-12(14(26)15(13)27)22-7-8-28-2)9-10-3-5-11(6-4-10)16-23-17(29-24-16)18(19,20)21/h3-6,22H,7-9H2,1-2H3. The Morgan fingerprint density at radius 1 is 1.24 bits per heavy atom. The molecule has 29 heavy (non-hydrogen) atoms. The van der Waals surface area contributed by atoms with E-state index in [9.17, 15) is 18.4 Å². The van der Waals surface area contributed by atoms with Gasteiger partial charge in [0.2, 0.25) is 5.82 Å². The second-order valence-corrected chi connectivity index (χ2v) is 6.75. The second-order valence-electron chi connectivity index (χ2n) is 6.28. The second kappa shape index (κ2) is 8.26. The highest BCUT2D eigenvalue weighted by atomic mass is 35.5. The van der Waals surface area contributed by atoms with E-state index >= 15 is 0 Å². The third-order valence-electron chi connectivity index (χ3n) is 4.18. The smallest absolute Gasteiger partial charge is 0.383 e. The van der Waals surface area contributed by atoms with E-state index in [0.29, 0.717) is 30.9 Å². The van der Waals surface area contributed by atoms with Crippen LogP contribution in [0.25, 0.3) is 11.4 Å². The molecule has 0 aliphatic rings. The fraction of sp³-hybridized carbons (Fsp3) is 0.333. The molecule has 3 aromatic rings. The molecular formula is C18H17ClF2N4O4. The third kappa shape index (κ3) is 4.43. The number of alkyl halides is 3. The summed E-state index contributed by atoms with van der Waals surface area (Å²) in [5.74, 6) is -1.00. The Morgan fingerprint density at radius 3 is 2.52 bits per heavy atom.